The van der Waals surface area contributed by atoms with Crippen molar-refractivity contribution >= 4 is 46.8 Å². The van der Waals surface area contributed by atoms with Gasteiger partial charge in [0.2, 0.25) is 0 Å². The van der Waals surface area contributed by atoms with Crippen LogP contribution in [0, 0.1) is 0 Å². The summed E-state index contributed by atoms with van der Waals surface area (Å²) < 4.78 is 0. The highest BCUT2D eigenvalue weighted by Crippen LogP contribution is 2.24. The summed E-state index contributed by atoms with van der Waals surface area (Å²) in [6, 6.07) is 13.6. The second-order valence-corrected chi connectivity index (χ2v) is 6.60. The molecule has 0 aliphatic rings. The monoisotopic (exact) mass is 390 g/mol. The molecule has 0 radical (unpaired) electrons. The Balaban J connectivity index is 2.44. The van der Waals surface area contributed by atoms with Crippen LogP contribution in [0.2, 0.25) is 10.0 Å². The van der Waals surface area contributed by atoms with Gasteiger partial charge in [0.05, 0.1) is 10.7 Å². The molecule has 4 nitrogen and oxygen atoms in total. The number of aliphatic hydroxyl groups excluding tert-OH is 1. The van der Waals surface area contributed by atoms with Gasteiger partial charge < -0.3 is 10.4 Å². The van der Waals surface area contributed by atoms with Crippen LogP contribution >= 0.6 is 23.2 Å². The molecule has 0 aliphatic heterocycles. The van der Waals surface area contributed by atoms with Crippen LogP contribution in [0.5, 0.6) is 0 Å². The molecule has 0 heterocycles. The number of carbonyl (C=O) groups is 1. The molecule has 2 aromatic rings. The lowest BCUT2D eigenvalue weighted by atomic mass is 10.1. The molecule has 0 saturated heterocycles. The summed E-state index contributed by atoms with van der Waals surface area (Å²) >= 11 is 12.0. The molecule has 0 aliphatic carbocycles. The van der Waals surface area contributed by atoms with Crippen LogP contribution in [0.4, 0.5) is 5.69 Å². The molecule has 6 heteroatoms. The van der Waals surface area contributed by atoms with Crippen molar-refractivity contribution in [3.05, 3.63) is 69.7 Å². The molecule has 136 valence electrons. The zero-order chi connectivity index (χ0) is 19.1. The molecule has 0 bridgehead atoms. The van der Waals surface area contributed by atoms with Crippen LogP contribution in [-0.4, -0.2) is 23.3 Å². The number of hydrogen-bond acceptors (Lipinski definition) is 3. The summed E-state index contributed by atoms with van der Waals surface area (Å²) in [4.78, 5) is 16.9. The van der Waals surface area contributed by atoms with Crippen LogP contribution < -0.4 is 5.32 Å². The van der Waals surface area contributed by atoms with Gasteiger partial charge in [-0.2, -0.15) is 0 Å². The molecular formula is C20H20Cl2N2O2. The Hall–Kier alpha value is -2.30. The molecule has 2 aromatic carbocycles. The standard InChI is InChI=1S/C20H20Cl2N2O2/c1-3-13(2)24-20(26)17(12-23-15-10-8-14(21)9-11-15)19(25)16-6-4-5-7-18(16)22/h4-13,25H,3H2,1-2H3,(H,24,26). The van der Waals surface area contributed by atoms with E-state index < -0.39 is 5.91 Å². The smallest absolute Gasteiger partial charge is 0.256 e. The number of aliphatic hydroxyl groups is 1. The molecule has 2 N–H and O–H groups in total. The van der Waals surface area contributed by atoms with Crippen molar-refractivity contribution in [3.63, 3.8) is 0 Å². The Morgan fingerprint density at radius 3 is 2.46 bits per heavy atom. The van der Waals surface area contributed by atoms with Gasteiger partial charge in [-0.1, -0.05) is 42.3 Å². The van der Waals surface area contributed by atoms with Crippen LogP contribution in [0.25, 0.3) is 5.76 Å². The molecule has 0 spiro atoms. The Labute approximate surface area is 163 Å². The van der Waals surface area contributed by atoms with E-state index in [9.17, 15) is 9.90 Å². The minimum atomic E-state index is -0.422. The van der Waals surface area contributed by atoms with E-state index in [0.29, 0.717) is 21.3 Å². The second-order valence-electron chi connectivity index (χ2n) is 5.76. The maximum absolute atomic E-state index is 12.6. The number of benzene rings is 2. The zero-order valence-corrected chi connectivity index (χ0v) is 16.1. The Kier molecular flexibility index (Phi) is 7.25. The molecule has 1 atom stereocenters. The zero-order valence-electron chi connectivity index (χ0n) is 14.5. The average molecular weight is 391 g/mol. The van der Waals surface area contributed by atoms with Crippen molar-refractivity contribution < 1.29 is 9.90 Å². The highest BCUT2D eigenvalue weighted by atomic mass is 35.5. The lowest BCUT2D eigenvalue weighted by Crippen LogP contribution is -2.34. The van der Waals surface area contributed by atoms with Gasteiger partial charge in [0, 0.05) is 22.8 Å². The van der Waals surface area contributed by atoms with Gasteiger partial charge in [-0.25, -0.2) is 0 Å². The fourth-order valence-corrected chi connectivity index (χ4v) is 2.45. The molecule has 0 saturated carbocycles. The number of nitrogens with zero attached hydrogens (tertiary/aromatic N) is 1. The van der Waals surface area contributed by atoms with Gasteiger partial charge in [-0.15, -0.1) is 0 Å². The van der Waals surface area contributed by atoms with Crippen molar-refractivity contribution in [2.75, 3.05) is 0 Å². The SMILES string of the molecule is CCC(C)NC(=O)C(C=Nc1ccc(Cl)cc1)=C(O)c1ccccc1Cl. The topological polar surface area (TPSA) is 61.7 Å². The lowest BCUT2D eigenvalue weighted by molar-refractivity contribution is -0.117. The number of halogens is 2. The van der Waals surface area contributed by atoms with Crippen LogP contribution in [0.3, 0.4) is 0 Å². The summed E-state index contributed by atoms with van der Waals surface area (Å²) in [7, 11) is 0. The number of carbonyl (C=O) groups excluding carboxylic acids is 1. The Bertz CT molecular complexity index is 830. The van der Waals surface area contributed by atoms with Crippen molar-refractivity contribution in [1.82, 2.24) is 5.32 Å². The number of amides is 1. The molecule has 26 heavy (non-hydrogen) atoms. The summed E-state index contributed by atoms with van der Waals surface area (Å²) in [6.45, 7) is 3.85. The first-order valence-corrected chi connectivity index (χ1v) is 8.96. The van der Waals surface area contributed by atoms with Gasteiger partial charge in [-0.05, 0) is 49.7 Å². The molecule has 1 unspecified atom stereocenters. The van der Waals surface area contributed by atoms with Gasteiger partial charge >= 0.3 is 0 Å². The normalized spacial score (nSPS) is 13.4. The van der Waals surface area contributed by atoms with Gasteiger partial charge in [-0.3, -0.25) is 9.79 Å². The van der Waals surface area contributed by atoms with Crippen LogP contribution in [0.15, 0.2) is 59.1 Å². The number of hydrogen-bond donors (Lipinski definition) is 2. The number of aliphatic imine (C=N–C) groups is 1. The molecule has 0 aromatic heterocycles. The van der Waals surface area contributed by atoms with E-state index in [0.717, 1.165) is 6.42 Å². The quantitative estimate of drug-likeness (QED) is 0.384. The van der Waals surface area contributed by atoms with Crippen molar-refractivity contribution in [1.29, 1.82) is 0 Å². The van der Waals surface area contributed by atoms with E-state index in [1.165, 1.54) is 6.21 Å². The second kappa shape index (κ2) is 9.41. The minimum absolute atomic E-state index is 0.0355. The first kappa shape index (κ1) is 20.0. The highest BCUT2D eigenvalue weighted by molar-refractivity contribution is 6.33. The largest absolute Gasteiger partial charge is 0.506 e. The van der Waals surface area contributed by atoms with Crippen molar-refractivity contribution in [3.8, 4) is 0 Å². The fourth-order valence-electron chi connectivity index (χ4n) is 2.10. The third-order valence-electron chi connectivity index (χ3n) is 3.79. The van der Waals surface area contributed by atoms with E-state index in [1.807, 2.05) is 13.8 Å². The predicted molar refractivity (Wildman–Crippen MR) is 109 cm³/mol. The summed E-state index contributed by atoms with van der Waals surface area (Å²) in [5, 5.41) is 14.4. The van der Waals surface area contributed by atoms with Crippen LogP contribution in [-0.2, 0) is 4.79 Å². The van der Waals surface area contributed by atoms with E-state index >= 15 is 0 Å². The fraction of sp³-hybridized carbons (Fsp3) is 0.200. The number of nitrogens with one attached hydrogen (secondary N) is 1. The summed E-state index contributed by atoms with van der Waals surface area (Å²) in [5.41, 5.74) is 1.01. The molecule has 1 amide bonds. The molecule has 0 fully saturated rings. The first-order chi connectivity index (χ1) is 12.4. The average Bonchev–Trinajstić information content (AvgIpc) is 2.63. The van der Waals surface area contributed by atoms with Gasteiger partial charge in [0.1, 0.15) is 11.3 Å². The van der Waals surface area contributed by atoms with E-state index in [1.54, 1.807) is 48.5 Å². The van der Waals surface area contributed by atoms with Crippen LogP contribution in [0.1, 0.15) is 25.8 Å². The Morgan fingerprint density at radius 2 is 1.85 bits per heavy atom. The van der Waals surface area contributed by atoms with Crippen molar-refractivity contribution in [2.45, 2.75) is 26.3 Å². The Morgan fingerprint density at radius 1 is 1.19 bits per heavy atom. The van der Waals surface area contributed by atoms with E-state index in [4.69, 9.17) is 23.2 Å². The maximum Gasteiger partial charge on any atom is 0.256 e. The predicted octanol–water partition coefficient (Wildman–Crippen LogP) is 5.58. The molecule has 2 rings (SSSR count). The molecular weight excluding hydrogens is 371 g/mol. The third kappa shape index (κ3) is 5.35. The minimum Gasteiger partial charge on any atom is -0.506 e. The lowest BCUT2D eigenvalue weighted by Gasteiger charge is -2.13. The van der Waals surface area contributed by atoms with E-state index in [2.05, 4.69) is 10.3 Å². The maximum atomic E-state index is 12.6. The first-order valence-electron chi connectivity index (χ1n) is 8.21. The number of rotatable bonds is 6. The highest BCUT2D eigenvalue weighted by Gasteiger charge is 2.18. The van der Waals surface area contributed by atoms with Crippen molar-refractivity contribution in [2.24, 2.45) is 4.99 Å². The third-order valence-corrected chi connectivity index (χ3v) is 4.37. The van der Waals surface area contributed by atoms with Gasteiger partial charge in [0.15, 0.2) is 0 Å². The summed E-state index contributed by atoms with van der Waals surface area (Å²) in [5.74, 6) is -0.649. The van der Waals surface area contributed by atoms with Gasteiger partial charge in [0.25, 0.3) is 5.91 Å². The van der Waals surface area contributed by atoms with E-state index in [-0.39, 0.29) is 17.4 Å². The summed E-state index contributed by atoms with van der Waals surface area (Å²) in [6.07, 6.45) is 2.10.